The van der Waals surface area contributed by atoms with Crippen LogP contribution < -0.4 is 9.47 Å². The smallest absolute Gasteiger partial charge is 0.323 e. The first-order valence-electron chi connectivity index (χ1n) is 11.6. The zero-order chi connectivity index (χ0) is 25.9. The molecule has 3 aromatic carbocycles. The van der Waals surface area contributed by atoms with Gasteiger partial charge in [0.15, 0.2) is 11.5 Å². The Morgan fingerprint density at radius 1 is 1.06 bits per heavy atom. The molecule has 0 aliphatic carbocycles. The number of carboxylic acid groups (broad SMARTS) is 1. The molecule has 1 amide bonds. The highest BCUT2D eigenvalue weighted by molar-refractivity contribution is 5.97. The summed E-state index contributed by atoms with van der Waals surface area (Å²) in [7, 11) is 1.47. The van der Waals surface area contributed by atoms with Gasteiger partial charge in [-0.1, -0.05) is 24.3 Å². The number of fused-ring (bicyclic) bond motifs is 1. The van der Waals surface area contributed by atoms with Gasteiger partial charge in [0.05, 0.1) is 7.11 Å². The van der Waals surface area contributed by atoms with Crippen LogP contribution in [0.15, 0.2) is 60.7 Å². The molecule has 188 valence electrons. The Balaban J connectivity index is 1.56. The summed E-state index contributed by atoms with van der Waals surface area (Å²) in [6, 6.07) is 15.5. The van der Waals surface area contributed by atoms with Crippen LogP contribution in [-0.2, 0) is 24.1 Å². The van der Waals surface area contributed by atoms with Crippen LogP contribution in [0.3, 0.4) is 0 Å². The van der Waals surface area contributed by atoms with Crippen LogP contribution in [0.25, 0.3) is 0 Å². The molecule has 4 rings (SSSR count). The van der Waals surface area contributed by atoms with E-state index in [9.17, 15) is 23.5 Å². The van der Waals surface area contributed by atoms with E-state index < -0.39 is 29.8 Å². The number of carboxylic acids is 1. The molecule has 0 radical (unpaired) electrons. The normalized spacial score (nSPS) is 16.2. The van der Waals surface area contributed by atoms with E-state index in [1.54, 1.807) is 36.4 Å². The molecule has 1 heterocycles. The average Bonchev–Trinajstić information content (AvgIpc) is 3.17. The molecule has 1 aliphatic rings. The van der Waals surface area contributed by atoms with Crippen molar-refractivity contribution in [1.29, 1.82) is 0 Å². The number of nitrogens with zero attached hydrogens (tertiary/aromatic N) is 1. The SMILES string of the molecule is COc1cc(C(=O)N(CCc2cccc(F)c2)CC(=O)O)cc2c1OC(C)(Cc1ccc(F)cc1)C2. The minimum absolute atomic E-state index is 0.104. The largest absolute Gasteiger partial charge is 0.493 e. The Bertz CT molecular complexity index is 1280. The van der Waals surface area contributed by atoms with Crippen molar-refractivity contribution in [2.75, 3.05) is 20.2 Å². The molecule has 0 spiro atoms. The molecule has 3 aromatic rings. The lowest BCUT2D eigenvalue weighted by molar-refractivity contribution is -0.137. The van der Waals surface area contributed by atoms with Gasteiger partial charge in [0.25, 0.3) is 5.91 Å². The minimum Gasteiger partial charge on any atom is -0.493 e. The quantitative estimate of drug-likeness (QED) is 0.467. The van der Waals surface area contributed by atoms with Crippen LogP contribution in [0, 0.1) is 11.6 Å². The highest BCUT2D eigenvalue weighted by Gasteiger charge is 2.38. The number of hydrogen-bond acceptors (Lipinski definition) is 4. The first-order chi connectivity index (χ1) is 17.2. The molecule has 8 heteroatoms. The van der Waals surface area contributed by atoms with Gasteiger partial charge in [-0.25, -0.2) is 8.78 Å². The van der Waals surface area contributed by atoms with Gasteiger partial charge in [-0.2, -0.15) is 0 Å². The molecule has 6 nitrogen and oxygen atoms in total. The van der Waals surface area contributed by atoms with E-state index in [-0.39, 0.29) is 17.9 Å². The third kappa shape index (κ3) is 5.82. The van der Waals surface area contributed by atoms with Gasteiger partial charge in [0.2, 0.25) is 0 Å². The molecule has 0 fully saturated rings. The molecule has 36 heavy (non-hydrogen) atoms. The number of ether oxygens (including phenoxy) is 2. The monoisotopic (exact) mass is 495 g/mol. The summed E-state index contributed by atoms with van der Waals surface area (Å²) in [4.78, 5) is 26.1. The highest BCUT2D eigenvalue weighted by atomic mass is 19.1. The summed E-state index contributed by atoms with van der Waals surface area (Å²) in [6.45, 7) is 1.55. The molecule has 1 aliphatic heterocycles. The minimum atomic E-state index is -1.15. The first kappa shape index (κ1) is 25.2. The number of aliphatic carboxylic acids is 1. The van der Waals surface area contributed by atoms with Crippen molar-refractivity contribution in [2.45, 2.75) is 31.8 Å². The zero-order valence-electron chi connectivity index (χ0n) is 20.1. The van der Waals surface area contributed by atoms with Crippen molar-refractivity contribution in [3.63, 3.8) is 0 Å². The van der Waals surface area contributed by atoms with Gasteiger partial charge < -0.3 is 19.5 Å². The van der Waals surface area contributed by atoms with Crippen molar-refractivity contribution < 1.29 is 33.0 Å². The molecule has 1 N–H and O–H groups in total. The number of methoxy groups -OCH3 is 1. The molecular weight excluding hydrogens is 468 g/mol. The number of amides is 1. The van der Waals surface area contributed by atoms with Gasteiger partial charge in [-0.15, -0.1) is 0 Å². The summed E-state index contributed by atoms with van der Waals surface area (Å²) in [5.41, 5.74) is 1.98. The van der Waals surface area contributed by atoms with Crippen LogP contribution in [-0.4, -0.2) is 47.7 Å². The van der Waals surface area contributed by atoms with E-state index in [0.29, 0.717) is 36.3 Å². The summed E-state index contributed by atoms with van der Waals surface area (Å²) in [5, 5.41) is 9.38. The van der Waals surface area contributed by atoms with Crippen molar-refractivity contribution in [3.05, 3.63) is 94.6 Å². The predicted octanol–water partition coefficient (Wildman–Crippen LogP) is 4.68. The molecule has 0 saturated carbocycles. The van der Waals surface area contributed by atoms with E-state index in [0.717, 1.165) is 11.1 Å². The van der Waals surface area contributed by atoms with Gasteiger partial charge in [-0.05, 0) is 60.9 Å². The highest BCUT2D eigenvalue weighted by Crippen LogP contribution is 2.44. The molecule has 0 saturated heterocycles. The molecule has 0 bridgehead atoms. The predicted molar refractivity (Wildman–Crippen MR) is 129 cm³/mol. The van der Waals surface area contributed by atoms with E-state index in [1.165, 1.54) is 36.3 Å². The Morgan fingerprint density at radius 3 is 2.47 bits per heavy atom. The molecular formula is C28H27F2NO5. The zero-order valence-corrected chi connectivity index (χ0v) is 20.1. The average molecular weight is 496 g/mol. The number of halogens is 2. The van der Waals surface area contributed by atoms with Crippen molar-refractivity contribution >= 4 is 11.9 Å². The van der Waals surface area contributed by atoms with E-state index in [4.69, 9.17) is 9.47 Å². The fraction of sp³-hybridized carbons (Fsp3) is 0.286. The summed E-state index contributed by atoms with van der Waals surface area (Å²) < 4.78 is 38.6. The maximum absolute atomic E-state index is 13.5. The van der Waals surface area contributed by atoms with E-state index >= 15 is 0 Å². The summed E-state index contributed by atoms with van der Waals surface area (Å²) in [6.07, 6.45) is 1.31. The Labute approximate surface area is 208 Å². The van der Waals surface area contributed by atoms with E-state index in [2.05, 4.69) is 0 Å². The number of rotatable bonds is 9. The summed E-state index contributed by atoms with van der Waals surface area (Å²) in [5.74, 6) is -1.42. The second-order valence-electron chi connectivity index (χ2n) is 9.20. The fourth-order valence-corrected chi connectivity index (χ4v) is 4.55. The maximum Gasteiger partial charge on any atom is 0.323 e. The Hall–Kier alpha value is -3.94. The standard InChI is InChI=1S/C28H27F2NO5/c1-28(15-19-6-8-22(29)9-7-19)16-21-13-20(14-24(35-2)26(21)36-28)27(34)31(17-25(32)33)11-10-18-4-3-5-23(30)12-18/h3-9,12-14H,10-11,15-17H2,1-2H3,(H,32,33). The van der Waals surface area contributed by atoms with Crippen molar-refractivity contribution in [3.8, 4) is 11.5 Å². The van der Waals surface area contributed by atoms with Crippen LogP contribution in [0.4, 0.5) is 8.78 Å². The van der Waals surface area contributed by atoms with Crippen LogP contribution >= 0.6 is 0 Å². The lowest BCUT2D eigenvalue weighted by atomic mass is 9.91. The van der Waals surface area contributed by atoms with Gasteiger partial charge in [0.1, 0.15) is 23.8 Å². The van der Waals surface area contributed by atoms with Gasteiger partial charge in [0, 0.05) is 30.5 Å². The van der Waals surface area contributed by atoms with Crippen LogP contribution in [0.5, 0.6) is 11.5 Å². The van der Waals surface area contributed by atoms with E-state index in [1.807, 2.05) is 6.92 Å². The van der Waals surface area contributed by atoms with Crippen LogP contribution in [0.1, 0.15) is 34.0 Å². The maximum atomic E-state index is 13.5. The fourth-order valence-electron chi connectivity index (χ4n) is 4.55. The lowest BCUT2D eigenvalue weighted by Crippen LogP contribution is -2.37. The number of benzene rings is 3. The lowest BCUT2D eigenvalue weighted by Gasteiger charge is -2.24. The molecule has 0 aromatic heterocycles. The Morgan fingerprint density at radius 2 is 1.81 bits per heavy atom. The van der Waals surface area contributed by atoms with Crippen LogP contribution in [0.2, 0.25) is 0 Å². The second-order valence-corrected chi connectivity index (χ2v) is 9.20. The number of hydrogen-bond donors (Lipinski definition) is 1. The first-order valence-corrected chi connectivity index (χ1v) is 11.6. The summed E-state index contributed by atoms with van der Waals surface area (Å²) >= 11 is 0. The van der Waals surface area contributed by atoms with Crippen molar-refractivity contribution in [1.82, 2.24) is 4.90 Å². The van der Waals surface area contributed by atoms with Gasteiger partial charge >= 0.3 is 5.97 Å². The third-order valence-corrected chi connectivity index (χ3v) is 6.18. The molecule has 1 unspecified atom stereocenters. The number of carbonyl (C=O) groups excluding carboxylic acids is 1. The Kier molecular flexibility index (Phi) is 7.24. The molecule has 1 atom stereocenters. The van der Waals surface area contributed by atoms with Gasteiger partial charge in [-0.3, -0.25) is 9.59 Å². The third-order valence-electron chi connectivity index (χ3n) is 6.18. The number of carbonyl (C=O) groups is 2. The second kappa shape index (κ2) is 10.4. The van der Waals surface area contributed by atoms with Crippen molar-refractivity contribution in [2.24, 2.45) is 0 Å². The topological polar surface area (TPSA) is 76.1 Å².